The van der Waals surface area contributed by atoms with Gasteiger partial charge in [-0.2, -0.15) is 8.78 Å². The average Bonchev–Trinajstić information content (AvgIpc) is 2.59. The summed E-state index contributed by atoms with van der Waals surface area (Å²) in [6.07, 6.45) is 1.39. The quantitative estimate of drug-likeness (QED) is 0.683. The zero-order valence-corrected chi connectivity index (χ0v) is 13.1. The Labute approximate surface area is 141 Å². The Balaban J connectivity index is 2.17. The van der Waals surface area contributed by atoms with Crippen molar-refractivity contribution in [2.45, 2.75) is 6.61 Å². The van der Waals surface area contributed by atoms with Gasteiger partial charge in [0.05, 0.1) is 7.11 Å². The molecule has 0 fully saturated rings. The minimum atomic E-state index is -3.05. The van der Waals surface area contributed by atoms with Gasteiger partial charge >= 0.3 is 6.61 Å². The van der Waals surface area contributed by atoms with Crippen LogP contribution in [0.25, 0.3) is 11.6 Å². The third-order valence-electron chi connectivity index (χ3n) is 3.67. The van der Waals surface area contributed by atoms with Crippen LogP contribution in [-0.4, -0.2) is 25.5 Å². The number of benzene rings is 2. The van der Waals surface area contributed by atoms with Crippen LogP contribution in [0, 0.1) is 0 Å². The van der Waals surface area contributed by atoms with Gasteiger partial charge in [-0.1, -0.05) is 30.3 Å². The van der Waals surface area contributed by atoms with E-state index in [9.17, 15) is 18.4 Å². The molecule has 0 unspecified atom stereocenters. The number of methoxy groups -OCH3 is 1. The van der Waals surface area contributed by atoms with E-state index in [4.69, 9.17) is 4.74 Å². The predicted octanol–water partition coefficient (Wildman–Crippen LogP) is 3.11. The van der Waals surface area contributed by atoms with Crippen molar-refractivity contribution in [2.24, 2.45) is 0 Å². The van der Waals surface area contributed by atoms with Crippen molar-refractivity contribution in [3.63, 3.8) is 0 Å². The number of carbonyl (C=O) groups is 2. The summed E-state index contributed by atoms with van der Waals surface area (Å²) in [5, 5.41) is 2.23. The SMILES string of the molecule is COc1cccc(C=C2C(=O)NC(=O)c3ccccc32)c1OC(F)F. The van der Waals surface area contributed by atoms with E-state index in [-0.39, 0.29) is 22.6 Å². The fourth-order valence-electron chi connectivity index (χ4n) is 2.60. The second-order valence-electron chi connectivity index (χ2n) is 5.14. The van der Waals surface area contributed by atoms with Gasteiger partial charge < -0.3 is 9.47 Å². The second kappa shape index (κ2) is 6.72. The molecule has 2 aromatic carbocycles. The first kappa shape index (κ1) is 16.6. The molecule has 1 heterocycles. The largest absolute Gasteiger partial charge is 0.493 e. The van der Waals surface area contributed by atoms with Crippen molar-refractivity contribution in [3.05, 3.63) is 59.2 Å². The van der Waals surface area contributed by atoms with E-state index in [0.29, 0.717) is 11.1 Å². The molecule has 0 saturated heterocycles. The van der Waals surface area contributed by atoms with Crippen molar-refractivity contribution in [3.8, 4) is 11.5 Å². The van der Waals surface area contributed by atoms with Crippen molar-refractivity contribution >= 4 is 23.5 Å². The van der Waals surface area contributed by atoms with E-state index in [1.807, 2.05) is 0 Å². The maximum Gasteiger partial charge on any atom is 0.387 e. The van der Waals surface area contributed by atoms with Crippen LogP contribution in [0.1, 0.15) is 21.5 Å². The van der Waals surface area contributed by atoms with E-state index in [1.165, 1.54) is 25.3 Å². The molecule has 1 aliphatic heterocycles. The van der Waals surface area contributed by atoms with Gasteiger partial charge in [-0.25, -0.2) is 0 Å². The number of fused-ring (bicyclic) bond motifs is 1. The molecule has 7 heteroatoms. The van der Waals surface area contributed by atoms with E-state index in [1.54, 1.807) is 30.3 Å². The van der Waals surface area contributed by atoms with Crippen molar-refractivity contribution in [1.82, 2.24) is 5.32 Å². The highest BCUT2D eigenvalue weighted by atomic mass is 19.3. The maximum absolute atomic E-state index is 12.7. The molecule has 2 aromatic rings. The predicted molar refractivity (Wildman–Crippen MR) is 86.4 cm³/mol. The van der Waals surface area contributed by atoms with Crippen LogP contribution < -0.4 is 14.8 Å². The summed E-state index contributed by atoms with van der Waals surface area (Å²) in [5.41, 5.74) is 1.14. The molecular weight excluding hydrogens is 332 g/mol. The van der Waals surface area contributed by atoms with Crippen molar-refractivity contribution in [2.75, 3.05) is 7.11 Å². The Morgan fingerprint density at radius 2 is 1.72 bits per heavy atom. The third kappa shape index (κ3) is 3.21. The Bertz CT molecular complexity index is 877. The van der Waals surface area contributed by atoms with Gasteiger partial charge in [0, 0.05) is 16.7 Å². The lowest BCUT2D eigenvalue weighted by Crippen LogP contribution is -2.36. The number of alkyl halides is 2. The normalized spacial score (nSPS) is 15.1. The zero-order valence-electron chi connectivity index (χ0n) is 13.1. The smallest absolute Gasteiger partial charge is 0.387 e. The number of rotatable bonds is 4. The molecule has 5 nitrogen and oxygen atoms in total. The minimum Gasteiger partial charge on any atom is -0.493 e. The Hall–Kier alpha value is -3.22. The summed E-state index contributed by atoms with van der Waals surface area (Å²) in [4.78, 5) is 24.1. The van der Waals surface area contributed by atoms with Gasteiger partial charge in [-0.05, 0) is 23.8 Å². The van der Waals surface area contributed by atoms with Gasteiger partial charge in [-0.15, -0.1) is 0 Å². The summed E-state index contributed by atoms with van der Waals surface area (Å²) in [6.45, 7) is -3.05. The summed E-state index contributed by atoms with van der Waals surface area (Å²) < 4.78 is 35.1. The van der Waals surface area contributed by atoms with Crippen LogP contribution >= 0.6 is 0 Å². The number of para-hydroxylation sites is 1. The van der Waals surface area contributed by atoms with Gasteiger partial charge in [-0.3, -0.25) is 14.9 Å². The topological polar surface area (TPSA) is 64.6 Å². The third-order valence-corrected chi connectivity index (χ3v) is 3.67. The highest BCUT2D eigenvalue weighted by Crippen LogP contribution is 2.36. The van der Waals surface area contributed by atoms with Crippen LogP contribution in [0.3, 0.4) is 0 Å². The number of amides is 2. The van der Waals surface area contributed by atoms with Crippen LogP contribution in [0.5, 0.6) is 11.5 Å². The molecule has 1 aliphatic rings. The molecule has 0 aromatic heterocycles. The van der Waals surface area contributed by atoms with E-state index >= 15 is 0 Å². The van der Waals surface area contributed by atoms with Crippen LogP contribution in [0.2, 0.25) is 0 Å². The number of ether oxygens (including phenoxy) is 2. The maximum atomic E-state index is 12.7. The second-order valence-corrected chi connectivity index (χ2v) is 5.14. The first-order chi connectivity index (χ1) is 12.0. The molecule has 0 saturated carbocycles. The first-order valence-corrected chi connectivity index (χ1v) is 7.30. The number of hydrogen-bond acceptors (Lipinski definition) is 4. The molecule has 128 valence electrons. The highest BCUT2D eigenvalue weighted by Gasteiger charge is 2.27. The summed E-state index contributed by atoms with van der Waals surface area (Å²) >= 11 is 0. The minimum absolute atomic E-state index is 0.107. The van der Waals surface area contributed by atoms with Gasteiger partial charge in [0.15, 0.2) is 11.5 Å². The Kier molecular flexibility index (Phi) is 4.47. The zero-order chi connectivity index (χ0) is 18.0. The average molecular weight is 345 g/mol. The molecule has 2 amide bonds. The molecular formula is C18H13F2NO4. The summed E-state index contributed by atoms with van der Waals surface area (Å²) in [6, 6.07) is 11.1. The summed E-state index contributed by atoms with van der Waals surface area (Å²) in [7, 11) is 1.33. The van der Waals surface area contributed by atoms with Crippen LogP contribution in [0.15, 0.2) is 42.5 Å². The van der Waals surface area contributed by atoms with E-state index in [2.05, 4.69) is 10.1 Å². The first-order valence-electron chi connectivity index (χ1n) is 7.30. The molecule has 0 radical (unpaired) electrons. The molecule has 0 spiro atoms. The molecule has 0 aliphatic carbocycles. The van der Waals surface area contributed by atoms with Gasteiger partial charge in [0.25, 0.3) is 11.8 Å². The lowest BCUT2D eigenvalue weighted by molar-refractivity contribution is -0.114. The Morgan fingerprint density at radius 3 is 2.40 bits per heavy atom. The number of nitrogens with one attached hydrogen (secondary N) is 1. The lowest BCUT2D eigenvalue weighted by Gasteiger charge is -2.19. The van der Waals surface area contributed by atoms with Gasteiger partial charge in [0.1, 0.15) is 0 Å². The molecule has 0 bridgehead atoms. The number of hydrogen-bond donors (Lipinski definition) is 1. The molecule has 3 rings (SSSR count). The molecule has 1 N–H and O–H groups in total. The lowest BCUT2D eigenvalue weighted by atomic mass is 9.93. The van der Waals surface area contributed by atoms with Crippen LogP contribution in [-0.2, 0) is 4.79 Å². The fraction of sp³-hybridized carbons (Fsp3) is 0.111. The molecule has 0 atom stereocenters. The number of carbonyl (C=O) groups excluding carboxylic acids is 2. The summed E-state index contributed by atoms with van der Waals surface area (Å²) in [5.74, 6) is -1.20. The van der Waals surface area contributed by atoms with E-state index in [0.717, 1.165) is 0 Å². The van der Waals surface area contributed by atoms with E-state index < -0.39 is 18.4 Å². The molecule has 25 heavy (non-hydrogen) atoms. The van der Waals surface area contributed by atoms with Gasteiger partial charge in [0.2, 0.25) is 0 Å². The monoisotopic (exact) mass is 345 g/mol. The van der Waals surface area contributed by atoms with Crippen molar-refractivity contribution < 1.29 is 27.8 Å². The number of halogens is 2. The van der Waals surface area contributed by atoms with Crippen LogP contribution in [0.4, 0.5) is 8.78 Å². The highest BCUT2D eigenvalue weighted by molar-refractivity contribution is 6.34. The Morgan fingerprint density at radius 1 is 1.00 bits per heavy atom. The standard InChI is InChI=1S/C18H13F2NO4/c1-24-14-8-4-5-10(15(14)25-18(19)20)9-13-11-6-2-3-7-12(11)16(22)21-17(13)23/h2-9,18H,1H3,(H,21,22,23). The number of imide groups is 1. The fourth-order valence-corrected chi connectivity index (χ4v) is 2.60. The van der Waals surface area contributed by atoms with Crippen molar-refractivity contribution in [1.29, 1.82) is 0 Å².